The molecule has 122 valence electrons. The van der Waals surface area contributed by atoms with Crippen LogP contribution >= 0.6 is 23.1 Å². The maximum Gasteiger partial charge on any atom is 0.297 e. The number of aromatic nitrogens is 1. The smallest absolute Gasteiger partial charge is 0.297 e. The first-order valence-corrected chi connectivity index (χ1v) is 9.06. The van der Waals surface area contributed by atoms with Crippen LogP contribution in [0.1, 0.15) is 12.5 Å². The SMILES string of the molecule is C/C(=N/NC(=O)CSc1[nH+]c2ccccc2s1)c1ccc([O-])cc1. The fraction of sp³-hybridized carbons (Fsp3) is 0.118. The number of thiazole rings is 1. The number of para-hydroxylation sites is 1. The molecule has 7 heteroatoms. The molecule has 5 nitrogen and oxygen atoms in total. The van der Waals surface area contributed by atoms with Gasteiger partial charge in [0.05, 0.1) is 11.5 Å². The quantitative estimate of drug-likeness (QED) is 0.433. The van der Waals surface area contributed by atoms with Crippen LogP contribution < -0.4 is 15.5 Å². The van der Waals surface area contributed by atoms with E-state index in [1.165, 1.54) is 23.9 Å². The number of hydrazone groups is 1. The van der Waals surface area contributed by atoms with E-state index in [1.54, 1.807) is 30.4 Å². The molecular weight excluding hydrogens is 342 g/mol. The van der Waals surface area contributed by atoms with Crippen LogP contribution in [0.4, 0.5) is 0 Å². The minimum absolute atomic E-state index is 0.0495. The zero-order valence-corrected chi connectivity index (χ0v) is 14.5. The number of rotatable bonds is 5. The molecule has 0 spiro atoms. The van der Waals surface area contributed by atoms with Crippen molar-refractivity contribution in [3.05, 3.63) is 54.1 Å². The van der Waals surface area contributed by atoms with Crippen LogP contribution in [0.5, 0.6) is 5.75 Å². The summed E-state index contributed by atoms with van der Waals surface area (Å²) in [4.78, 5) is 15.2. The van der Waals surface area contributed by atoms with E-state index in [0.717, 1.165) is 20.1 Å². The lowest BCUT2D eigenvalue weighted by Gasteiger charge is -2.06. The summed E-state index contributed by atoms with van der Waals surface area (Å²) in [5, 5.41) is 15.2. The Labute approximate surface area is 147 Å². The molecular formula is C17H15N3O2S2. The first kappa shape index (κ1) is 16.5. The average Bonchev–Trinajstić information content (AvgIpc) is 3.01. The standard InChI is InChI=1S/C17H15N3O2S2/c1-11(12-6-8-13(21)9-7-12)19-20-16(22)10-23-17-18-14-4-2-3-5-15(14)24-17/h2-9,21H,10H2,1H3,(H,20,22)/b19-11-. The highest BCUT2D eigenvalue weighted by atomic mass is 32.2. The number of carbonyl (C=O) groups is 1. The summed E-state index contributed by atoms with van der Waals surface area (Å²) in [6.45, 7) is 1.78. The average molecular weight is 357 g/mol. The molecule has 0 radical (unpaired) electrons. The molecule has 1 amide bonds. The molecule has 1 aromatic heterocycles. The van der Waals surface area contributed by atoms with Gasteiger partial charge in [-0.05, 0) is 30.3 Å². The second kappa shape index (κ2) is 7.46. The first-order chi connectivity index (χ1) is 11.6. The number of nitrogens with zero attached hydrogens (tertiary/aromatic N) is 1. The molecule has 0 aliphatic heterocycles. The Morgan fingerprint density at radius 1 is 1.25 bits per heavy atom. The molecule has 0 fully saturated rings. The number of thioether (sulfide) groups is 1. The van der Waals surface area contributed by atoms with Crippen LogP contribution in [0, 0.1) is 0 Å². The van der Waals surface area contributed by atoms with E-state index in [9.17, 15) is 9.90 Å². The second-order valence-electron chi connectivity index (χ2n) is 5.06. The van der Waals surface area contributed by atoms with Gasteiger partial charge in [-0.25, -0.2) is 5.43 Å². The van der Waals surface area contributed by atoms with Crippen molar-refractivity contribution in [1.82, 2.24) is 5.43 Å². The van der Waals surface area contributed by atoms with E-state index in [0.29, 0.717) is 5.71 Å². The highest BCUT2D eigenvalue weighted by molar-refractivity contribution is 8.01. The van der Waals surface area contributed by atoms with E-state index in [4.69, 9.17) is 0 Å². The third kappa shape index (κ3) is 4.12. The minimum atomic E-state index is -0.175. The Balaban J connectivity index is 1.55. The van der Waals surface area contributed by atoms with E-state index in [1.807, 2.05) is 24.3 Å². The van der Waals surface area contributed by atoms with Crippen molar-refractivity contribution in [2.45, 2.75) is 11.3 Å². The van der Waals surface area contributed by atoms with E-state index in [2.05, 4.69) is 15.5 Å². The van der Waals surface area contributed by atoms with Crippen molar-refractivity contribution < 1.29 is 14.9 Å². The fourth-order valence-electron chi connectivity index (χ4n) is 2.03. The van der Waals surface area contributed by atoms with Crippen molar-refractivity contribution >= 4 is 44.9 Å². The lowest BCUT2D eigenvalue weighted by Crippen LogP contribution is -2.21. The molecule has 2 N–H and O–H groups in total. The Morgan fingerprint density at radius 2 is 2.00 bits per heavy atom. The molecule has 3 rings (SSSR count). The number of benzene rings is 2. The number of nitrogens with one attached hydrogen (secondary N) is 2. The van der Waals surface area contributed by atoms with Gasteiger partial charge in [0.25, 0.3) is 10.2 Å². The largest absolute Gasteiger partial charge is 0.872 e. The van der Waals surface area contributed by atoms with Crippen LogP contribution in [0.25, 0.3) is 10.2 Å². The number of hydrogen-bond donors (Lipinski definition) is 1. The third-order valence-electron chi connectivity index (χ3n) is 3.28. The van der Waals surface area contributed by atoms with Gasteiger partial charge in [0, 0.05) is 6.07 Å². The maximum absolute atomic E-state index is 11.9. The van der Waals surface area contributed by atoms with E-state index >= 15 is 0 Å². The zero-order valence-electron chi connectivity index (χ0n) is 12.9. The molecule has 0 atom stereocenters. The number of fused-ring (bicyclic) bond motifs is 1. The number of carbonyl (C=O) groups excluding carboxylic acids is 1. The van der Waals surface area contributed by atoms with Gasteiger partial charge in [0.2, 0.25) is 5.52 Å². The van der Waals surface area contributed by atoms with Gasteiger partial charge in [-0.2, -0.15) is 10.1 Å². The molecule has 0 saturated carbocycles. The molecule has 0 unspecified atom stereocenters. The highest BCUT2D eigenvalue weighted by Crippen LogP contribution is 2.25. The summed E-state index contributed by atoms with van der Waals surface area (Å²) in [5.74, 6) is 0.0526. The third-order valence-corrected chi connectivity index (χ3v) is 5.52. The fourth-order valence-corrected chi connectivity index (χ4v) is 3.96. The first-order valence-electron chi connectivity index (χ1n) is 7.26. The molecule has 0 aliphatic carbocycles. The maximum atomic E-state index is 11.9. The number of aromatic amines is 1. The molecule has 24 heavy (non-hydrogen) atoms. The van der Waals surface area contributed by atoms with Crippen LogP contribution in [-0.2, 0) is 4.79 Å². The van der Waals surface area contributed by atoms with Crippen LogP contribution in [0.3, 0.4) is 0 Å². The van der Waals surface area contributed by atoms with Gasteiger partial charge in [0.1, 0.15) is 4.70 Å². The monoisotopic (exact) mass is 357 g/mol. The molecule has 0 bridgehead atoms. The van der Waals surface area contributed by atoms with Gasteiger partial charge < -0.3 is 5.11 Å². The summed E-state index contributed by atoms with van der Waals surface area (Å²) >= 11 is 3.07. The molecule has 2 aromatic carbocycles. The highest BCUT2D eigenvalue weighted by Gasteiger charge is 2.12. The van der Waals surface area contributed by atoms with Gasteiger partial charge in [-0.15, -0.1) is 5.75 Å². The summed E-state index contributed by atoms with van der Waals surface area (Å²) in [5.41, 5.74) is 5.07. The van der Waals surface area contributed by atoms with Crippen molar-refractivity contribution in [3.8, 4) is 5.75 Å². The number of hydrogen-bond acceptors (Lipinski definition) is 5. The lowest BCUT2D eigenvalue weighted by atomic mass is 10.1. The molecule has 0 aliphatic rings. The minimum Gasteiger partial charge on any atom is -0.872 e. The van der Waals surface area contributed by atoms with Gasteiger partial charge >= 0.3 is 0 Å². The normalized spacial score (nSPS) is 11.6. The van der Waals surface area contributed by atoms with Gasteiger partial charge in [0.15, 0.2) is 0 Å². The summed E-state index contributed by atoms with van der Waals surface area (Å²) in [7, 11) is 0. The predicted molar refractivity (Wildman–Crippen MR) is 95.3 cm³/mol. The predicted octanol–water partition coefficient (Wildman–Crippen LogP) is 2.42. The molecule has 1 heterocycles. The molecule has 0 saturated heterocycles. The summed E-state index contributed by atoms with van der Waals surface area (Å²) < 4.78 is 2.15. The Bertz CT molecular complexity index is 855. The van der Waals surface area contributed by atoms with Crippen molar-refractivity contribution in [2.75, 3.05) is 5.75 Å². The van der Waals surface area contributed by atoms with E-state index in [-0.39, 0.29) is 17.4 Å². The lowest BCUT2D eigenvalue weighted by molar-refractivity contribution is -0.385. The Hall–Kier alpha value is -2.38. The summed E-state index contributed by atoms with van der Waals surface area (Å²) in [6.07, 6.45) is 0. The van der Waals surface area contributed by atoms with Crippen molar-refractivity contribution in [2.24, 2.45) is 5.10 Å². The Kier molecular flexibility index (Phi) is 5.12. The summed E-state index contributed by atoms with van der Waals surface area (Å²) in [6, 6.07) is 14.3. The van der Waals surface area contributed by atoms with Crippen LogP contribution in [0.2, 0.25) is 0 Å². The second-order valence-corrected chi connectivity index (χ2v) is 7.35. The van der Waals surface area contributed by atoms with Crippen molar-refractivity contribution in [3.63, 3.8) is 0 Å². The van der Waals surface area contributed by atoms with Gasteiger partial charge in [-0.1, -0.05) is 47.7 Å². The van der Waals surface area contributed by atoms with E-state index < -0.39 is 0 Å². The number of amides is 1. The van der Waals surface area contributed by atoms with Crippen LogP contribution in [0.15, 0.2) is 58.0 Å². The van der Waals surface area contributed by atoms with Crippen molar-refractivity contribution in [1.29, 1.82) is 0 Å². The molecule has 3 aromatic rings. The zero-order chi connectivity index (χ0) is 16.9. The van der Waals surface area contributed by atoms with Crippen LogP contribution in [-0.4, -0.2) is 17.4 Å². The number of H-pyrrole nitrogens is 1. The Morgan fingerprint density at radius 3 is 2.75 bits per heavy atom. The van der Waals surface area contributed by atoms with Gasteiger partial charge in [-0.3, -0.25) is 4.79 Å². The topological polar surface area (TPSA) is 78.7 Å².